The minimum Gasteiger partial charge on any atom is -0.353 e. The summed E-state index contributed by atoms with van der Waals surface area (Å²) in [7, 11) is 0. The summed E-state index contributed by atoms with van der Waals surface area (Å²) < 4.78 is 0. The predicted octanol–water partition coefficient (Wildman–Crippen LogP) is 2.69. The van der Waals surface area contributed by atoms with Crippen LogP contribution in [0.25, 0.3) is 0 Å². The summed E-state index contributed by atoms with van der Waals surface area (Å²) in [5.41, 5.74) is 5.61. The van der Waals surface area contributed by atoms with E-state index < -0.39 is 0 Å². The van der Waals surface area contributed by atoms with Gasteiger partial charge in [0.2, 0.25) is 5.91 Å². The Kier molecular flexibility index (Phi) is 5.64. The minimum atomic E-state index is -0.297. The number of hydrogen-bond acceptors (Lipinski definition) is 2. The fourth-order valence-corrected chi connectivity index (χ4v) is 2.69. The molecule has 1 aliphatic rings. The molecule has 0 aromatic rings. The van der Waals surface area contributed by atoms with E-state index in [9.17, 15) is 4.79 Å². The van der Waals surface area contributed by atoms with Gasteiger partial charge in [0.1, 0.15) is 0 Å². The number of nitrogens with one attached hydrogen (secondary N) is 1. The van der Waals surface area contributed by atoms with Crippen molar-refractivity contribution in [2.75, 3.05) is 6.54 Å². The van der Waals surface area contributed by atoms with Crippen molar-refractivity contribution in [3.05, 3.63) is 0 Å². The summed E-state index contributed by atoms with van der Waals surface area (Å²) in [5.74, 6) is 1.44. The van der Waals surface area contributed by atoms with Crippen LogP contribution >= 0.6 is 0 Å². The Morgan fingerprint density at radius 1 is 1.39 bits per heavy atom. The molecule has 3 N–H and O–H groups in total. The lowest BCUT2D eigenvalue weighted by Crippen LogP contribution is -2.51. The van der Waals surface area contributed by atoms with E-state index in [1.165, 1.54) is 0 Å². The highest BCUT2D eigenvalue weighted by molar-refractivity contribution is 5.83. The van der Waals surface area contributed by atoms with E-state index in [-0.39, 0.29) is 17.4 Å². The molecule has 1 rings (SSSR count). The van der Waals surface area contributed by atoms with Crippen molar-refractivity contribution in [3.63, 3.8) is 0 Å². The smallest absolute Gasteiger partial charge is 0.227 e. The summed E-state index contributed by atoms with van der Waals surface area (Å²) in [6.45, 7) is 9.19. The van der Waals surface area contributed by atoms with Crippen LogP contribution in [0.4, 0.5) is 0 Å². The summed E-state index contributed by atoms with van der Waals surface area (Å²) in [4.78, 5) is 12.5. The Balaban J connectivity index is 2.62. The highest BCUT2D eigenvalue weighted by Crippen LogP contribution is 2.38. The first-order valence-electron chi connectivity index (χ1n) is 7.46. The van der Waals surface area contributed by atoms with E-state index in [0.717, 1.165) is 38.0 Å². The Labute approximate surface area is 112 Å². The van der Waals surface area contributed by atoms with Crippen LogP contribution in [0, 0.1) is 17.3 Å². The molecule has 0 spiro atoms. The van der Waals surface area contributed by atoms with E-state index in [4.69, 9.17) is 5.73 Å². The molecule has 0 aromatic carbocycles. The first kappa shape index (κ1) is 15.5. The average Bonchev–Trinajstić information content (AvgIpc) is 2.38. The quantitative estimate of drug-likeness (QED) is 0.792. The second-order valence-corrected chi connectivity index (χ2v) is 6.31. The molecule has 3 nitrogen and oxygen atoms in total. The molecule has 0 bridgehead atoms. The molecule has 18 heavy (non-hydrogen) atoms. The third kappa shape index (κ3) is 3.47. The third-order valence-electron chi connectivity index (χ3n) is 4.96. The van der Waals surface area contributed by atoms with Crippen LogP contribution < -0.4 is 11.1 Å². The van der Waals surface area contributed by atoms with E-state index >= 15 is 0 Å². The molecule has 1 aliphatic carbocycles. The van der Waals surface area contributed by atoms with Crippen LogP contribution in [0.1, 0.15) is 59.8 Å². The van der Waals surface area contributed by atoms with Gasteiger partial charge in [-0.1, -0.05) is 27.2 Å². The fourth-order valence-electron chi connectivity index (χ4n) is 2.69. The summed E-state index contributed by atoms with van der Waals surface area (Å²) >= 11 is 0. The maximum atomic E-state index is 12.5. The van der Waals surface area contributed by atoms with Crippen LogP contribution in [0.15, 0.2) is 0 Å². The zero-order valence-corrected chi connectivity index (χ0v) is 12.5. The van der Waals surface area contributed by atoms with Gasteiger partial charge < -0.3 is 11.1 Å². The van der Waals surface area contributed by atoms with Crippen molar-refractivity contribution in [1.29, 1.82) is 0 Å². The maximum absolute atomic E-state index is 12.5. The molecular formula is C15H30N2O. The first-order valence-corrected chi connectivity index (χ1v) is 7.46. The molecule has 2 unspecified atom stereocenters. The third-order valence-corrected chi connectivity index (χ3v) is 4.96. The number of carbonyl (C=O) groups excluding carboxylic acids is 1. The number of rotatable bonds is 5. The Hall–Kier alpha value is -0.570. The summed E-state index contributed by atoms with van der Waals surface area (Å²) in [6, 6.07) is 0.241. The lowest BCUT2D eigenvalue weighted by molar-refractivity contribution is -0.133. The average molecular weight is 254 g/mol. The zero-order valence-electron chi connectivity index (χ0n) is 12.5. The Morgan fingerprint density at radius 2 is 1.94 bits per heavy atom. The standard InChI is InChI=1S/C15H30N2O/c1-5-12(3)13(4)17-14(18)15(10-16)8-6-11(2)7-9-15/h11-13H,5-10,16H2,1-4H3,(H,17,18). The van der Waals surface area contributed by atoms with Crippen molar-refractivity contribution in [3.8, 4) is 0 Å². The molecule has 0 saturated heterocycles. The van der Waals surface area contributed by atoms with Gasteiger partial charge >= 0.3 is 0 Å². The highest BCUT2D eigenvalue weighted by atomic mass is 16.2. The van der Waals surface area contributed by atoms with Crippen molar-refractivity contribution in [2.45, 2.75) is 65.8 Å². The van der Waals surface area contributed by atoms with Gasteiger partial charge in [0.25, 0.3) is 0 Å². The van der Waals surface area contributed by atoms with Gasteiger partial charge in [-0.2, -0.15) is 0 Å². The molecule has 1 fully saturated rings. The number of carbonyl (C=O) groups is 1. The molecule has 1 saturated carbocycles. The van der Waals surface area contributed by atoms with Gasteiger partial charge in [-0.3, -0.25) is 4.79 Å². The van der Waals surface area contributed by atoms with Gasteiger partial charge in [0, 0.05) is 12.6 Å². The molecule has 1 amide bonds. The molecule has 0 aromatic heterocycles. The maximum Gasteiger partial charge on any atom is 0.227 e. The van der Waals surface area contributed by atoms with Crippen molar-refractivity contribution >= 4 is 5.91 Å². The second kappa shape index (κ2) is 6.55. The zero-order chi connectivity index (χ0) is 13.8. The van der Waals surface area contributed by atoms with Crippen LogP contribution in [0.3, 0.4) is 0 Å². The molecule has 3 heteroatoms. The summed E-state index contributed by atoms with van der Waals surface area (Å²) in [5, 5.41) is 3.19. The van der Waals surface area contributed by atoms with E-state index in [1.807, 2.05) is 0 Å². The van der Waals surface area contributed by atoms with Crippen molar-refractivity contribution in [2.24, 2.45) is 23.0 Å². The molecule has 0 heterocycles. The second-order valence-electron chi connectivity index (χ2n) is 6.31. The van der Waals surface area contributed by atoms with Gasteiger partial charge in [-0.15, -0.1) is 0 Å². The van der Waals surface area contributed by atoms with Crippen LogP contribution in [0.2, 0.25) is 0 Å². The lowest BCUT2D eigenvalue weighted by Gasteiger charge is -2.38. The van der Waals surface area contributed by atoms with Gasteiger partial charge in [-0.25, -0.2) is 0 Å². The normalized spacial score (nSPS) is 31.7. The Bertz CT molecular complexity index is 270. The summed E-state index contributed by atoms with van der Waals surface area (Å²) in [6.07, 6.45) is 5.24. The number of amides is 1. The minimum absolute atomic E-state index is 0.185. The Morgan fingerprint density at radius 3 is 2.39 bits per heavy atom. The van der Waals surface area contributed by atoms with Crippen LogP contribution in [-0.4, -0.2) is 18.5 Å². The number of hydrogen-bond donors (Lipinski definition) is 2. The molecule has 2 atom stereocenters. The lowest BCUT2D eigenvalue weighted by atomic mass is 9.70. The topological polar surface area (TPSA) is 55.1 Å². The van der Waals surface area contributed by atoms with Crippen molar-refractivity contribution < 1.29 is 4.79 Å². The molecule has 0 radical (unpaired) electrons. The first-order chi connectivity index (χ1) is 8.45. The SMILES string of the molecule is CCC(C)C(C)NC(=O)C1(CN)CCC(C)CC1. The van der Waals surface area contributed by atoms with E-state index in [0.29, 0.717) is 12.5 Å². The van der Waals surface area contributed by atoms with Gasteiger partial charge in [-0.05, 0) is 44.4 Å². The fraction of sp³-hybridized carbons (Fsp3) is 0.933. The van der Waals surface area contributed by atoms with E-state index in [1.54, 1.807) is 0 Å². The van der Waals surface area contributed by atoms with Crippen LogP contribution in [0.5, 0.6) is 0 Å². The molecule has 106 valence electrons. The highest BCUT2D eigenvalue weighted by Gasteiger charge is 2.40. The molecule has 0 aliphatic heterocycles. The molecular weight excluding hydrogens is 224 g/mol. The van der Waals surface area contributed by atoms with E-state index in [2.05, 4.69) is 33.0 Å². The van der Waals surface area contributed by atoms with Crippen LogP contribution in [-0.2, 0) is 4.79 Å². The van der Waals surface area contributed by atoms with Gasteiger partial charge in [0.05, 0.1) is 5.41 Å². The largest absolute Gasteiger partial charge is 0.353 e. The predicted molar refractivity (Wildman–Crippen MR) is 76.2 cm³/mol. The number of nitrogens with two attached hydrogens (primary N) is 1. The van der Waals surface area contributed by atoms with Crippen molar-refractivity contribution in [1.82, 2.24) is 5.32 Å². The monoisotopic (exact) mass is 254 g/mol. The van der Waals surface area contributed by atoms with Gasteiger partial charge in [0.15, 0.2) is 0 Å².